The van der Waals surface area contributed by atoms with Crippen molar-refractivity contribution in [2.75, 3.05) is 26.2 Å². The number of benzene rings is 2. The topological polar surface area (TPSA) is 43.3 Å². The van der Waals surface area contributed by atoms with Crippen LogP contribution in [0.25, 0.3) is 0 Å². The Balaban J connectivity index is 1.91. The summed E-state index contributed by atoms with van der Waals surface area (Å²) < 4.78 is 31.8. The fourth-order valence-electron chi connectivity index (χ4n) is 4.12. The molecule has 0 aromatic heterocycles. The third-order valence-corrected chi connectivity index (χ3v) is 5.44. The van der Waals surface area contributed by atoms with Crippen LogP contribution in [0.2, 0.25) is 0 Å². The van der Waals surface area contributed by atoms with Gasteiger partial charge in [-0.25, -0.2) is 9.38 Å². The number of rotatable bonds is 2. The summed E-state index contributed by atoms with van der Waals surface area (Å²) in [6, 6.07) is 8.69. The summed E-state index contributed by atoms with van der Waals surface area (Å²) in [5.41, 5.74) is 1.93. The Morgan fingerprint density at radius 3 is 2.65 bits per heavy atom. The normalized spacial score (nSPS) is 23.2. The highest BCUT2D eigenvalue weighted by atomic mass is 19.1. The highest BCUT2D eigenvalue weighted by Crippen LogP contribution is 2.54. The molecule has 0 aliphatic carbocycles. The van der Waals surface area contributed by atoms with E-state index in [4.69, 9.17) is 19.2 Å². The minimum Gasteiger partial charge on any atom is -0.496 e. The van der Waals surface area contributed by atoms with Crippen LogP contribution in [0.4, 0.5) is 15.8 Å². The molecule has 2 aromatic rings. The first-order chi connectivity index (χ1) is 12.4. The molecule has 2 atom stereocenters. The SMILES string of the molecule is COc1cc(OC)c2c(c1)OC1(C(C)=N2)C(C)c2cccc(F)c2N1C. The van der Waals surface area contributed by atoms with E-state index in [-0.39, 0.29) is 11.7 Å². The van der Waals surface area contributed by atoms with Crippen LogP contribution in [0, 0.1) is 5.82 Å². The van der Waals surface area contributed by atoms with Crippen LogP contribution in [-0.2, 0) is 0 Å². The Labute approximate surface area is 152 Å². The van der Waals surface area contributed by atoms with Crippen molar-refractivity contribution >= 4 is 17.1 Å². The number of nitrogens with zero attached hydrogens (tertiary/aromatic N) is 2. The van der Waals surface area contributed by atoms with Gasteiger partial charge in [-0.3, -0.25) is 0 Å². The van der Waals surface area contributed by atoms with Crippen LogP contribution in [0.1, 0.15) is 25.3 Å². The van der Waals surface area contributed by atoms with E-state index < -0.39 is 5.72 Å². The monoisotopic (exact) mass is 356 g/mol. The number of methoxy groups -OCH3 is 2. The van der Waals surface area contributed by atoms with Gasteiger partial charge in [0.1, 0.15) is 17.3 Å². The van der Waals surface area contributed by atoms with E-state index in [1.54, 1.807) is 32.4 Å². The van der Waals surface area contributed by atoms with Gasteiger partial charge in [0.15, 0.2) is 11.5 Å². The molecular formula is C20H21FN2O3. The smallest absolute Gasteiger partial charge is 0.228 e. The van der Waals surface area contributed by atoms with Crippen LogP contribution in [0.5, 0.6) is 17.2 Å². The van der Waals surface area contributed by atoms with Gasteiger partial charge in [-0.1, -0.05) is 19.1 Å². The van der Waals surface area contributed by atoms with Crippen LogP contribution in [0.3, 0.4) is 0 Å². The molecule has 2 aliphatic rings. The first-order valence-corrected chi connectivity index (χ1v) is 8.47. The first kappa shape index (κ1) is 16.7. The molecule has 0 bridgehead atoms. The number of hydrogen-bond acceptors (Lipinski definition) is 5. The van der Waals surface area contributed by atoms with Crippen molar-refractivity contribution in [2.24, 2.45) is 4.99 Å². The van der Waals surface area contributed by atoms with Crippen molar-refractivity contribution in [3.8, 4) is 17.2 Å². The molecule has 26 heavy (non-hydrogen) atoms. The van der Waals surface area contributed by atoms with Gasteiger partial charge in [-0.05, 0) is 18.6 Å². The molecule has 0 radical (unpaired) electrons. The second kappa shape index (κ2) is 5.62. The molecule has 0 N–H and O–H groups in total. The average Bonchev–Trinajstić information content (AvgIpc) is 2.85. The highest BCUT2D eigenvalue weighted by Gasteiger charge is 2.55. The maximum atomic E-state index is 14.5. The Kier molecular flexibility index (Phi) is 3.61. The summed E-state index contributed by atoms with van der Waals surface area (Å²) in [5.74, 6) is 1.37. The van der Waals surface area contributed by atoms with Crippen molar-refractivity contribution in [1.82, 2.24) is 0 Å². The van der Waals surface area contributed by atoms with E-state index in [1.807, 2.05) is 31.9 Å². The second-order valence-electron chi connectivity index (χ2n) is 6.63. The number of para-hydroxylation sites is 1. The van der Waals surface area contributed by atoms with Gasteiger partial charge < -0.3 is 19.1 Å². The minimum absolute atomic E-state index is 0.104. The summed E-state index contributed by atoms with van der Waals surface area (Å²) in [4.78, 5) is 6.63. The van der Waals surface area contributed by atoms with Gasteiger partial charge in [0.2, 0.25) is 5.72 Å². The molecule has 4 rings (SSSR count). The number of ether oxygens (including phenoxy) is 3. The lowest BCUT2D eigenvalue weighted by Gasteiger charge is -2.43. The number of hydrogen-bond donors (Lipinski definition) is 0. The zero-order chi connectivity index (χ0) is 18.6. The lowest BCUT2D eigenvalue weighted by Crippen LogP contribution is -2.58. The van der Waals surface area contributed by atoms with Crippen LogP contribution < -0.4 is 19.1 Å². The number of likely N-dealkylation sites (N-methyl/N-ethyl adjacent to an activating group) is 1. The fourth-order valence-corrected chi connectivity index (χ4v) is 4.12. The first-order valence-electron chi connectivity index (χ1n) is 8.47. The number of aliphatic imine (C=N–C) groups is 1. The van der Waals surface area contributed by atoms with E-state index in [0.29, 0.717) is 28.6 Å². The van der Waals surface area contributed by atoms with Gasteiger partial charge in [-0.2, -0.15) is 0 Å². The zero-order valence-electron chi connectivity index (χ0n) is 15.5. The molecule has 1 spiro atoms. The highest BCUT2D eigenvalue weighted by molar-refractivity contribution is 6.01. The molecule has 0 amide bonds. The van der Waals surface area contributed by atoms with E-state index in [1.165, 1.54) is 6.07 Å². The second-order valence-corrected chi connectivity index (χ2v) is 6.63. The molecule has 2 heterocycles. The lowest BCUT2D eigenvalue weighted by atomic mass is 9.89. The molecule has 0 saturated heterocycles. The summed E-state index contributed by atoms with van der Waals surface area (Å²) in [7, 11) is 5.01. The standard InChI is InChI=1S/C20H21FN2O3/c1-11-14-7-6-8-15(21)19(14)23(3)20(11)12(2)22-18-16(25-5)9-13(24-4)10-17(18)26-20/h6-11H,1-5H3. The van der Waals surface area contributed by atoms with Gasteiger partial charge in [0.25, 0.3) is 0 Å². The Bertz CT molecular complexity index is 928. The summed E-state index contributed by atoms with van der Waals surface area (Å²) >= 11 is 0. The predicted octanol–water partition coefficient (Wildman–Crippen LogP) is 4.28. The molecule has 136 valence electrons. The quantitative estimate of drug-likeness (QED) is 0.806. The predicted molar refractivity (Wildman–Crippen MR) is 98.9 cm³/mol. The van der Waals surface area contributed by atoms with Crippen molar-refractivity contribution in [2.45, 2.75) is 25.5 Å². The molecule has 2 aliphatic heterocycles. The van der Waals surface area contributed by atoms with Gasteiger partial charge in [0.05, 0.1) is 25.6 Å². The van der Waals surface area contributed by atoms with E-state index in [0.717, 1.165) is 11.3 Å². The minimum atomic E-state index is -0.894. The van der Waals surface area contributed by atoms with E-state index in [2.05, 4.69) is 0 Å². The fraction of sp³-hybridized carbons (Fsp3) is 0.350. The number of fused-ring (bicyclic) bond motifs is 2. The summed E-state index contributed by atoms with van der Waals surface area (Å²) in [5, 5.41) is 0. The number of anilines is 1. The molecule has 0 fully saturated rings. The van der Waals surface area contributed by atoms with Crippen LogP contribution >= 0.6 is 0 Å². The van der Waals surface area contributed by atoms with Crippen molar-refractivity contribution in [3.63, 3.8) is 0 Å². The maximum absolute atomic E-state index is 14.5. The third-order valence-electron chi connectivity index (χ3n) is 5.44. The Hall–Kier alpha value is -2.76. The van der Waals surface area contributed by atoms with Crippen molar-refractivity contribution < 1.29 is 18.6 Å². The van der Waals surface area contributed by atoms with Crippen LogP contribution in [0.15, 0.2) is 35.3 Å². The van der Waals surface area contributed by atoms with Gasteiger partial charge in [-0.15, -0.1) is 0 Å². The van der Waals surface area contributed by atoms with E-state index in [9.17, 15) is 4.39 Å². The van der Waals surface area contributed by atoms with Crippen molar-refractivity contribution in [1.29, 1.82) is 0 Å². The van der Waals surface area contributed by atoms with Crippen LogP contribution in [-0.4, -0.2) is 32.7 Å². The zero-order valence-corrected chi connectivity index (χ0v) is 15.5. The Morgan fingerprint density at radius 1 is 1.23 bits per heavy atom. The van der Waals surface area contributed by atoms with Gasteiger partial charge >= 0.3 is 0 Å². The van der Waals surface area contributed by atoms with Gasteiger partial charge in [0, 0.05) is 25.1 Å². The Morgan fingerprint density at radius 2 is 2.00 bits per heavy atom. The molecule has 6 heteroatoms. The average molecular weight is 356 g/mol. The molecular weight excluding hydrogens is 335 g/mol. The number of halogens is 1. The third kappa shape index (κ3) is 1.98. The summed E-state index contributed by atoms with van der Waals surface area (Å²) in [6.07, 6.45) is 0. The maximum Gasteiger partial charge on any atom is 0.228 e. The van der Waals surface area contributed by atoms with Crippen molar-refractivity contribution in [3.05, 3.63) is 41.7 Å². The molecule has 2 aromatic carbocycles. The van der Waals surface area contributed by atoms with E-state index >= 15 is 0 Å². The molecule has 5 nitrogen and oxygen atoms in total. The molecule has 0 saturated carbocycles. The summed E-state index contributed by atoms with van der Waals surface area (Å²) in [6.45, 7) is 3.94. The molecule has 2 unspecified atom stereocenters. The largest absolute Gasteiger partial charge is 0.496 e. The lowest BCUT2D eigenvalue weighted by molar-refractivity contribution is 0.122.